The molecule has 1 N–H and O–H groups in total. The molecule has 1 unspecified atom stereocenters. The SMILES string of the molecule is CO[C@H]1O[C@@H]2COC(c3ccccc3)O[C@H]2[C@@H](P(c2ccccc2)c2ccccc2)[C@@H]1O. The summed E-state index contributed by atoms with van der Waals surface area (Å²) in [7, 11) is 0.603. The highest BCUT2D eigenvalue weighted by Crippen LogP contribution is 2.49. The normalized spacial score (nSPS) is 30.1. The van der Waals surface area contributed by atoms with Gasteiger partial charge in [0.2, 0.25) is 0 Å². The molecule has 2 saturated heterocycles. The molecule has 2 aliphatic rings. The van der Waals surface area contributed by atoms with Crippen molar-refractivity contribution in [1.29, 1.82) is 0 Å². The first-order valence-corrected chi connectivity index (χ1v) is 12.2. The molecule has 0 aromatic heterocycles. The molecule has 5 nitrogen and oxygen atoms in total. The lowest BCUT2D eigenvalue weighted by molar-refractivity contribution is -0.330. The van der Waals surface area contributed by atoms with Gasteiger partial charge in [-0.15, -0.1) is 0 Å². The number of aliphatic hydroxyl groups excluding tert-OH is 1. The zero-order valence-electron chi connectivity index (χ0n) is 17.9. The monoisotopic (exact) mass is 450 g/mol. The van der Waals surface area contributed by atoms with Crippen LogP contribution in [0.3, 0.4) is 0 Å². The van der Waals surface area contributed by atoms with Crippen LogP contribution in [0.5, 0.6) is 0 Å². The van der Waals surface area contributed by atoms with Crippen molar-refractivity contribution in [2.45, 2.75) is 36.6 Å². The summed E-state index contributed by atoms with van der Waals surface area (Å²) in [6.45, 7) is 0.375. The van der Waals surface area contributed by atoms with E-state index in [0.717, 1.165) is 5.56 Å². The maximum atomic E-state index is 11.5. The standard InChI is InChI=1S/C26H27O5P/c1-28-26-22(27)24(32(19-13-7-3-8-14-19)20-15-9-4-10-16-20)23-21(30-26)17-29-25(31-23)18-11-5-2-6-12-18/h2-16,21-27H,17H2,1H3/t21-,22+,23-,24+,25?,26+/m1/s1. The van der Waals surface area contributed by atoms with Crippen molar-refractivity contribution in [2.75, 3.05) is 13.7 Å². The molecule has 0 spiro atoms. The lowest BCUT2D eigenvalue weighted by Gasteiger charge is -2.50. The molecule has 0 bridgehead atoms. The van der Waals surface area contributed by atoms with E-state index < -0.39 is 26.6 Å². The number of aliphatic hydroxyl groups is 1. The number of fused-ring (bicyclic) bond motifs is 1. The summed E-state index contributed by atoms with van der Waals surface area (Å²) in [4.78, 5) is 0. The Labute approximate surface area is 189 Å². The van der Waals surface area contributed by atoms with Crippen molar-refractivity contribution in [3.8, 4) is 0 Å². The molecular formula is C26H27O5P. The Balaban J connectivity index is 1.57. The van der Waals surface area contributed by atoms with Crippen LogP contribution < -0.4 is 10.6 Å². The Hall–Kier alpha value is -2.11. The molecule has 6 heteroatoms. The van der Waals surface area contributed by atoms with Crippen molar-refractivity contribution < 1.29 is 24.1 Å². The predicted molar refractivity (Wildman–Crippen MR) is 125 cm³/mol. The first-order chi connectivity index (χ1) is 15.8. The van der Waals surface area contributed by atoms with Crippen LogP contribution in [0, 0.1) is 0 Å². The van der Waals surface area contributed by atoms with Gasteiger partial charge in [0, 0.05) is 18.3 Å². The van der Waals surface area contributed by atoms with E-state index in [-0.39, 0.29) is 17.9 Å². The Bertz CT molecular complexity index is 947. The van der Waals surface area contributed by atoms with Gasteiger partial charge in [-0.2, -0.15) is 0 Å². The average Bonchev–Trinajstić information content (AvgIpc) is 2.87. The van der Waals surface area contributed by atoms with E-state index >= 15 is 0 Å². The fourth-order valence-corrected chi connectivity index (χ4v) is 7.50. The van der Waals surface area contributed by atoms with E-state index in [1.807, 2.05) is 66.7 Å². The first kappa shape index (κ1) is 21.7. The molecule has 0 aliphatic carbocycles. The van der Waals surface area contributed by atoms with E-state index in [2.05, 4.69) is 24.3 Å². The molecule has 2 heterocycles. The highest BCUT2D eigenvalue weighted by Gasteiger charge is 2.52. The van der Waals surface area contributed by atoms with Crippen molar-refractivity contribution in [3.63, 3.8) is 0 Å². The number of ether oxygens (including phenoxy) is 4. The predicted octanol–water partition coefficient (Wildman–Crippen LogP) is 3.33. The summed E-state index contributed by atoms with van der Waals surface area (Å²) >= 11 is 0. The highest BCUT2D eigenvalue weighted by molar-refractivity contribution is 7.73. The van der Waals surface area contributed by atoms with E-state index in [1.165, 1.54) is 10.6 Å². The van der Waals surface area contributed by atoms with Gasteiger partial charge in [0.15, 0.2) is 12.6 Å². The van der Waals surface area contributed by atoms with E-state index in [4.69, 9.17) is 18.9 Å². The molecule has 3 aromatic rings. The van der Waals surface area contributed by atoms with Crippen molar-refractivity contribution >= 4 is 18.5 Å². The molecule has 0 radical (unpaired) electrons. The van der Waals surface area contributed by atoms with E-state index in [0.29, 0.717) is 6.61 Å². The fourth-order valence-electron chi connectivity index (χ4n) is 4.52. The largest absolute Gasteiger partial charge is 0.387 e. The molecule has 2 fully saturated rings. The zero-order chi connectivity index (χ0) is 21.9. The number of methoxy groups -OCH3 is 1. The Kier molecular flexibility index (Phi) is 6.65. The van der Waals surface area contributed by atoms with Gasteiger partial charge in [-0.25, -0.2) is 0 Å². The third-order valence-corrected chi connectivity index (χ3v) is 8.91. The zero-order valence-corrected chi connectivity index (χ0v) is 18.8. The Morgan fingerprint density at radius 1 is 0.812 bits per heavy atom. The number of hydrogen-bond donors (Lipinski definition) is 1. The van der Waals surface area contributed by atoms with E-state index in [1.54, 1.807) is 7.11 Å². The number of rotatable bonds is 5. The minimum absolute atomic E-state index is 0.228. The van der Waals surface area contributed by atoms with Crippen LogP contribution in [0.1, 0.15) is 11.9 Å². The molecule has 0 saturated carbocycles. The van der Waals surface area contributed by atoms with Gasteiger partial charge < -0.3 is 24.1 Å². The van der Waals surface area contributed by atoms with Crippen LogP contribution in [0.15, 0.2) is 91.0 Å². The first-order valence-electron chi connectivity index (χ1n) is 10.8. The molecule has 32 heavy (non-hydrogen) atoms. The minimum Gasteiger partial charge on any atom is -0.387 e. The highest BCUT2D eigenvalue weighted by atomic mass is 31.1. The van der Waals surface area contributed by atoms with Gasteiger partial charge >= 0.3 is 0 Å². The lowest BCUT2D eigenvalue weighted by Crippen LogP contribution is -2.62. The van der Waals surface area contributed by atoms with Gasteiger partial charge in [-0.1, -0.05) is 91.0 Å². The van der Waals surface area contributed by atoms with Crippen LogP contribution >= 0.6 is 7.92 Å². The van der Waals surface area contributed by atoms with Gasteiger partial charge in [-0.05, 0) is 18.5 Å². The Morgan fingerprint density at radius 2 is 1.38 bits per heavy atom. The summed E-state index contributed by atoms with van der Waals surface area (Å²) in [5.41, 5.74) is 0.727. The van der Waals surface area contributed by atoms with Gasteiger partial charge in [0.05, 0.1) is 12.7 Å². The molecule has 5 rings (SSSR count). The third kappa shape index (κ3) is 4.25. The summed E-state index contributed by atoms with van der Waals surface area (Å²) in [6.07, 6.45) is -2.76. The minimum atomic E-state index is -0.963. The van der Waals surface area contributed by atoms with Gasteiger partial charge in [0.25, 0.3) is 0 Å². The molecule has 166 valence electrons. The summed E-state index contributed by atoms with van der Waals surface area (Å²) in [5.74, 6) is 0. The second kappa shape index (κ2) is 9.80. The number of benzene rings is 3. The smallest absolute Gasteiger partial charge is 0.184 e. The molecule has 0 amide bonds. The molecule has 6 atom stereocenters. The summed E-state index contributed by atoms with van der Waals surface area (Å²) in [6, 6.07) is 30.6. The summed E-state index contributed by atoms with van der Waals surface area (Å²) < 4.78 is 24.2. The Morgan fingerprint density at radius 3 is 1.94 bits per heavy atom. The fraction of sp³-hybridized carbons (Fsp3) is 0.308. The van der Waals surface area contributed by atoms with Gasteiger partial charge in [-0.3, -0.25) is 0 Å². The molecule has 2 aliphatic heterocycles. The van der Waals surface area contributed by atoms with Crippen molar-refractivity contribution in [1.82, 2.24) is 0 Å². The lowest BCUT2D eigenvalue weighted by atomic mass is 10.0. The van der Waals surface area contributed by atoms with Gasteiger partial charge in [0.1, 0.15) is 12.2 Å². The third-order valence-electron chi connectivity index (χ3n) is 6.00. The van der Waals surface area contributed by atoms with Crippen LogP contribution in [0.2, 0.25) is 0 Å². The van der Waals surface area contributed by atoms with Crippen molar-refractivity contribution in [3.05, 3.63) is 96.6 Å². The maximum Gasteiger partial charge on any atom is 0.184 e. The summed E-state index contributed by atoms with van der Waals surface area (Å²) in [5, 5.41) is 13.8. The second-order valence-electron chi connectivity index (χ2n) is 7.98. The van der Waals surface area contributed by atoms with Crippen molar-refractivity contribution in [2.24, 2.45) is 0 Å². The molecular weight excluding hydrogens is 423 g/mol. The quantitative estimate of drug-likeness (QED) is 0.605. The topological polar surface area (TPSA) is 57.2 Å². The van der Waals surface area contributed by atoms with Crippen LogP contribution in [-0.2, 0) is 18.9 Å². The average molecular weight is 450 g/mol. The van der Waals surface area contributed by atoms with E-state index in [9.17, 15) is 5.11 Å². The van der Waals surface area contributed by atoms with Crippen LogP contribution in [-0.4, -0.2) is 49.1 Å². The van der Waals surface area contributed by atoms with Crippen LogP contribution in [0.25, 0.3) is 0 Å². The maximum absolute atomic E-state index is 11.5. The van der Waals surface area contributed by atoms with Crippen LogP contribution in [0.4, 0.5) is 0 Å². The second-order valence-corrected chi connectivity index (χ2v) is 10.3. The number of hydrogen-bond acceptors (Lipinski definition) is 5. The molecule has 3 aromatic carbocycles.